The fourth-order valence-electron chi connectivity index (χ4n) is 12.6. The normalized spacial score (nSPS) is 18.8. The van der Waals surface area contributed by atoms with Crippen LogP contribution in [-0.2, 0) is 70.7 Å². The number of carbonyl (C=O) groups excluding carboxylic acids is 5. The van der Waals surface area contributed by atoms with Crippen molar-refractivity contribution in [1.29, 1.82) is 0 Å². The smallest absolute Gasteiger partial charge is 0.472 e. The highest BCUT2D eigenvalue weighted by molar-refractivity contribution is 7.47. The number of rotatable bonds is 46. The summed E-state index contributed by atoms with van der Waals surface area (Å²) in [6.45, 7) is 0.325. The predicted octanol–water partition coefficient (Wildman–Crippen LogP) is 11.2. The molecule has 0 saturated heterocycles. The van der Waals surface area contributed by atoms with Gasteiger partial charge in [-0.25, -0.2) is 18.5 Å². The lowest BCUT2D eigenvalue weighted by molar-refractivity contribution is -0.225. The van der Waals surface area contributed by atoms with Crippen LogP contribution in [0, 0.1) is 0 Å². The zero-order chi connectivity index (χ0) is 78.0. The van der Waals surface area contributed by atoms with Gasteiger partial charge in [0.15, 0.2) is 11.7 Å². The van der Waals surface area contributed by atoms with Gasteiger partial charge < -0.3 is 88.8 Å². The molecule has 2 amide bonds. The summed E-state index contributed by atoms with van der Waals surface area (Å²) in [5.74, 6) is -3.09. The molecule has 0 aromatic heterocycles. The number of nitrogens with one attached hydrogen (secondary N) is 2. The van der Waals surface area contributed by atoms with E-state index in [-0.39, 0.29) is 92.5 Å². The van der Waals surface area contributed by atoms with E-state index < -0.39 is 121 Å². The quantitative estimate of drug-likeness (QED) is 0.00567. The molecule has 8 atom stereocenters. The molecular weight excluding hydrogens is 1470 g/mol. The molecule has 11 N–H and O–H groups in total. The predicted molar refractivity (Wildman–Crippen MR) is 390 cm³/mol. The highest BCUT2D eigenvalue weighted by Gasteiger charge is 2.58. The van der Waals surface area contributed by atoms with Crippen LogP contribution in [0.25, 0.3) is 0 Å². The number of hydrogen-bond acceptors (Lipinski definition) is 25. The molecule has 5 aromatic carbocycles. The topological polar surface area (TPSA) is 463 Å². The minimum Gasteiger partial charge on any atom is -0.508 e. The Kier molecular flexibility index (Phi) is 33.0. The number of unbranched alkanes of at least 4 members (excludes halogenated alkanes) is 15. The van der Waals surface area contributed by atoms with Gasteiger partial charge in [-0.15, -0.1) is 0 Å². The maximum absolute atomic E-state index is 14.0. The first kappa shape index (κ1) is 86.0. The van der Waals surface area contributed by atoms with Crippen LogP contribution in [0.5, 0.6) is 23.0 Å². The second kappa shape index (κ2) is 41.5. The number of phosphoric ester groups is 3. The number of carbonyl (C=O) groups is 5. The lowest BCUT2D eigenvalue weighted by Gasteiger charge is -2.46. The number of benzene rings is 5. The fraction of sp³-hybridized carbons (Fsp3) is 0.521. The highest BCUT2D eigenvalue weighted by Crippen LogP contribution is 2.58. The Bertz CT molecular complexity index is 3920. The molecule has 592 valence electrons. The highest BCUT2D eigenvalue weighted by atomic mass is 31.2. The number of aliphatic hydroxyl groups excluding tert-OH is 2. The molecule has 1 saturated carbocycles. The molecule has 2 aliphatic heterocycles. The first-order chi connectivity index (χ1) is 51.5. The van der Waals surface area contributed by atoms with Crippen LogP contribution in [0.4, 0.5) is 17.1 Å². The van der Waals surface area contributed by atoms with E-state index in [0.717, 1.165) is 37.8 Å². The lowest BCUT2D eigenvalue weighted by atomic mass is 9.77. The minimum atomic E-state index is -5.75. The van der Waals surface area contributed by atoms with E-state index in [1.54, 1.807) is 36.4 Å². The number of hydrogen-bond donors (Lipinski definition) is 11. The largest absolute Gasteiger partial charge is 0.508 e. The molecule has 8 rings (SSSR count). The number of aliphatic hydroxyl groups is 2. The Morgan fingerprint density at radius 1 is 0.546 bits per heavy atom. The van der Waals surface area contributed by atoms with Crippen molar-refractivity contribution in [3.05, 3.63) is 137 Å². The first-order valence-electron chi connectivity index (χ1n) is 36.2. The number of esters is 3. The van der Waals surface area contributed by atoms with Crippen LogP contribution >= 0.6 is 23.5 Å². The van der Waals surface area contributed by atoms with Crippen molar-refractivity contribution in [2.75, 3.05) is 65.1 Å². The van der Waals surface area contributed by atoms with Crippen molar-refractivity contribution < 1.29 is 129 Å². The average Bonchev–Trinajstić information content (AvgIpc) is 1.52. The van der Waals surface area contributed by atoms with Crippen molar-refractivity contribution in [2.45, 2.75) is 184 Å². The summed E-state index contributed by atoms with van der Waals surface area (Å²) >= 11 is 0. The Labute approximate surface area is 625 Å². The molecule has 1 aliphatic carbocycles. The molecule has 1 spiro atoms. The SMILES string of the molecule is CCCCCCCCCCCCCCCC(=O)O[C@H](COC(=O)CCCCCNC(=O)c1ccc2c(c1)C1(OC2=O)c2ccc(O)cc2Oc2cc(O)ccc21)COP(=O)(O)O[C@@H]1[C@H](O)[C@H](O)[C@@H](OP(=O)(O)O)[C@H](OP(=O)(O)O)[C@H]1OCCCCOCCNC(=O)c1ccc(N=Nc2ccc(N(C)C)cc2)cc1. The summed E-state index contributed by atoms with van der Waals surface area (Å²) in [7, 11) is -13.2. The molecule has 2 heterocycles. The number of nitrogens with zero attached hydrogens (tertiary/aromatic N) is 3. The first-order valence-corrected chi connectivity index (χ1v) is 40.7. The minimum absolute atomic E-state index is 0.0377. The maximum Gasteiger partial charge on any atom is 0.472 e. The molecule has 3 aliphatic rings. The lowest BCUT2D eigenvalue weighted by Crippen LogP contribution is -2.65. The van der Waals surface area contributed by atoms with Crippen LogP contribution in [0.2, 0.25) is 0 Å². The van der Waals surface area contributed by atoms with Gasteiger partial charge in [0.2, 0.25) is 0 Å². The molecule has 0 radical (unpaired) electrons. The summed E-state index contributed by atoms with van der Waals surface area (Å²) in [5.41, 5.74) is 2.33. The van der Waals surface area contributed by atoms with E-state index in [0.29, 0.717) is 59.3 Å². The van der Waals surface area contributed by atoms with Crippen LogP contribution in [0.3, 0.4) is 0 Å². The standard InChI is InChI=1S/C73H98N5O27P3/c1-4-5-6-7-8-9-10-11-12-13-14-15-17-23-63(82)100-55(46-98-62(81)22-18-16-19-38-74-71(86)49-26-35-56-59(43-49)73(102-72(56)87)57-36-33-53(79)44-60(57)101-61-45-54(80)34-37-58(61)73)47-99-108(94,95)105-66-64(83)65(84)67(103-106(88,89)90)69(104-107(91,92)93)68(66)97-41-21-20-40-96-42-39-75-70(85)48-24-27-50(28-25-48)76-77-51-29-31-52(32-30-51)78(2)3/h24-37,43-45,55,64-69,79-80,83-84H,4-23,38-42,46-47H2,1-3H3,(H,74,86)(H,75,85)(H,94,95)(H2,88,89,90)(H2,91,92,93)/t55-,64-,65+,66-,67-,68+,69+/m1/s1. The summed E-state index contributed by atoms with van der Waals surface area (Å²) in [6.07, 6.45) is -1.64. The molecule has 35 heteroatoms. The molecular formula is C73H98N5O27P3. The summed E-state index contributed by atoms with van der Waals surface area (Å²) in [5, 5.41) is 57.2. The zero-order valence-corrected chi connectivity index (χ0v) is 63.2. The van der Waals surface area contributed by atoms with Crippen molar-refractivity contribution in [1.82, 2.24) is 10.6 Å². The van der Waals surface area contributed by atoms with E-state index in [4.69, 9.17) is 42.0 Å². The van der Waals surface area contributed by atoms with Crippen LogP contribution in [-0.4, -0.2) is 178 Å². The van der Waals surface area contributed by atoms with Crippen LogP contribution in [0.1, 0.15) is 183 Å². The number of anilines is 1. The fourth-order valence-corrected chi connectivity index (χ4v) is 14.7. The second-order valence-electron chi connectivity index (χ2n) is 26.7. The number of amides is 2. The molecule has 0 bridgehead atoms. The van der Waals surface area contributed by atoms with Gasteiger partial charge in [-0.2, -0.15) is 10.2 Å². The van der Waals surface area contributed by atoms with E-state index >= 15 is 0 Å². The summed E-state index contributed by atoms with van der Waals surface area (Å²) in [6, 6.07) is 26.9. The van der Waals surface area contributed by atoms with Crippen LogP contribution < -0.4 is 20.3 Å². The number of aromatic hydroxyl groups is 2. The Hall–Kier alpha value is -7.58. The van der Waals surface area contributed by atoms with Gasteiger partial charge in [0.1, 0.15) is 66.2 Å². The van der Waals surface area contributed by atoms with E-state index in [9.17, 15) is 82.6 Å². The van der Waals surface area contributed by atoms with Gasteiger partial charge in [-0.3, -0.25) is 37.3 Å². The van der Waals surface area contributed by atoms with Gasteiger partial charge >= 0.3 is 41.4 Å². The van der Waals surface area contributed by atoms with E-state index in [1.807, 2.05) is 43.3 Å². The number of ether oxygens (including phenoxy) is 6. The molecule has 108 heavy (non-hydrogen) atoms. The third-order valence-electron chi connectivity index (χ3n) is 18.1. The summed E-state index contributed by atoms with van der Waals surface area (Å²) < 4.78 is 93.3. The van der Waals surface area contributed by atoms with Crippen molar-refractivity contribution in [2.24, 2.45) is 10.2 Å². The van der Waals surface area contributed by atoms with E-state index in [1.165, 1.54) is 81.0 Å². The van der Waals surface area contributed by atoms with Crippen molar-refractivity contribution in [3.63, 3.8) is 0 Å². The Balaban J connectivity index is 0.837. The van der Waals surface area contributed by atoms with Gasteiger partial charge in [0, 0.05) is 98.9 Å². The van der Waals surface area contributed by atoms with Gasteiger partial charge in [-0.05, 0) is 123 Å². The van der Waals surface area contributed by atoms with Gasteiger partial charge in [0.25, 0.3) is 11.8 Å². The number of phosphoric acid groups is 3. The van der Waals surface area contributed by atoms with Crippen molar-refractivity contribution >= 4 is 70.3 Å². The third kappa shape index (κ3) is 26.0. The van der Waals surface area contributed by atoms with Gasteiger partial charge in [0.05, 0.1) is 30.2 Å². The molecule has 5 aromatic rings. The second-order valence-corrected chi connectivity index (χ2v) is 30.4. The number of phenols is 2. The van der Waals surface area contributed by atoms with Crippen LogP contribution in [0.15, 0.2) is 113 Å². The Morgan fingerprint density at radius 3 is 1.64 bits per heavy atom. The number of fused-ring (bicyclic) bond motifs is 6. The van der Waals surface area contributed by atoms with Gasteiger partial charge in [-0.1, -0.05) is 90.4 Å². The third-order valence-corrected chi connectivity index (χ3v) is 20.1. The number of phenolic OH excluding ortho intramolecular Hbond substituents is 2. The maximum atomic E-state index is 14.0. The monoisotopic (exact) mass is 1570 g/mol. The average molecular weight is 1570 g/mol. The summed E-state index contributed by atoms with van der Waals surface area (Å²) in [4.78, 5) is 119. The van der Waals surface area contributed by atoms with E-state index in [2.05, 4.69) is 32.3 Å². The molecule has 1 unspecified atom stereocenters. The zero-order valence-electron chi connectivity index (χ0n) is 60.5. The number of azo groups is 1. The molecule has 1 fully saturated rings. The molecule has 32 nitrogen and oxygen atoms in total. The Morgan fingerprint density at radius 2 is 1.06 bits per heavy atom. The van der Waals surface area contributed by atoms with Crippen molar-refractivity contribution in [3.8, 4) is 23.0 Å².